The van der Waals surface area contributed by atoms with E-state index in [1.165, 1.54) is 0 Å². The van der Waals surface area contributed by atoms with Gasteiger partial charge in [-0.1, -0.05) is 37.3 Å². The third-order valence-corrected chi connectivity index (χ3v) is 1.59. The lowest BCUT2D eigenvalue weighted by molar-refractivity contribution is -0.107. The normalized spacial score (nSPS) is 8.43. The topological polar surface area (TPSA) is 34.1 Å². The molecular weight excluding hydrogens is 176 g/mol. The quantitative estimate of drug-likeness (QED) is 0.545. The van der Waals surface area contributed by atoms with E-state index in [-0.39, 0.29) is 5.78 Å². The van der Waals surface area contributed by atoms with Crippen LogP contribution in [-0.4, -0.2) is 12.1 Å². The number of unbranched alkanes of at least 4 members (excludes halogenated alkanes) is 1. The molecule has 0 spiro atoms. The average Bonchev–Trinajstić information content (AvgIpc) is 2.21. The minimum absolute atomic E-state index is 0.121. The Morgan fingerprint density at radius 1 is 1.29 bits per heavy atom. The molecule has 0 aliphatic heterocycles. The number of benzene rings is 1. The maximum absolute atomic E-state index is 10.6. The van der Waals surface area contributed by atoms with Gasteiger partial charge in [-0.15, -0.1) is 0 Å². The monoisotopic (exact) mass is 192 g/mol. The fourth-order valence-electron chi connectivity index (χ4n) is 0.791. The van der Waals surface area contributed by atoms with Crippen LogP contribution in [0.25, 0.3) is 0 Å². The Kier molecular flexibility index (Phi) is 7.33. The second kappa shape index (κ2) is 8.17. The molecule has 0 saturated heterocycles. The summed E-state index contributed by atoms with van der Waals surface area (Å²) in [6, 6.07) is 9.23. The van der Waals surface area contributed by atoms with Crippen molar-refractivity contribution in [3.05, 3.63) is 35.9 Å². The average molecular weight is 192 g/mol. The second-order valence-corrected chi connectivity index (χ2v) is 2.88. The summed E-state index contributed by atoms with van der Waals surface area (Å²) >= 11 is 0. The van der Waals surface area contributed by atoms with Crippen molar-refractivity contribution in [2.24, 2.45) is 0 Å². The number of rotatable bonds is 3. The standard InChI is InChI=1S/C8H8O.C4H8O/c1-7(9)8-5-3-2-4-6-8;1-2-3-4-5/h2-6H,1H3;4H,2-3H2,1H3. The third-order valence-electron chi connectivity index (χ3n) is 1.59. The lowest BCUT2D eigenvalue weighted by atomic mass is 10.2. The minimum Gasteiger partial charge on any atom is -0.303 e. The molecule has 0 aliphatic rings. The van der Waals surface area contributed by atoms with E-state index >= 15 is 0 Å². The molecule has 0 bridgehead atoms. The van der Waals surface area contributed by atoms with Gasteiger partial charge < -0.3 is 4.79 Å². The smallest absolute Gasteiger partial charge is 0.159 e. The summed E-state index contributed by atoms with van der Waals surface area (Å²) in [4.78, 5) is 20.1. The molecule has 1 aromatic carbocycles. The number of Topliss-reactive ketones (excluding diaryl/α,β-unsaturated/α-hetero) is 1. The number of carbonyl (C=O) groups excluding carboxylic acids is 2. The molecule has 2 heteroatoms. The molecule has 0 heterocycles. The van der Waals surface area contributed by atoms with E-state index in [1.54, 1.807) is 6.92 Å². The van der Waals surface area contributed by atoms with Gasteiger partial charge in [-0.2, -0.15) is 0 Å². The van der Waals surface area contributed by atoms with E-state index in [1.807, 2.05) is 37.3 Å². The molecule has 0 N–H and O–H groups in total. The molecule has 0 amide bonds. The van der Waals surface area contributed by atoms with Crippen LogP contribution in [-0.2, 0) is 4.79 Å². The molecule has 0 saturated carbocycles. The zero-order valence-corrected chi connectivity index (χ0v) is 8.69. The zero-order valence-electron chi connectivity index (χ0n) is 8.69. The number of hydrogen-bond acceptors (Lipinski definition) is 2. The van der Waals surface area contributed by atoms with Crippen molar-refractivity contribution in [3.8, 4) is 0 Å². The largest absolute Gasteiger partial charge is 0.303 e. The van der Waals surface area contributed by atoms with Crippen LogP contribution in [0, 0.1) is 0 Å². The molecule has 1 aromatic rings. The Morgan fingerprint density at radius 2 is 1.86 bits per heavy atom. The first-order valence-electron chi connectivity index (χ1n) is 4.72. The number of ketones is 1. The van der Waals surface area contributed by atoms with E-state index in [2.05, 4.69) is 0 Å². The van der Waals surface area contributed by atoms with Crippen LogP contribution < -0.4 is 0 Å². The fourth-order valence-corrected chi connectivity index (χ4v) is 0.791. The predicted molar refractivity (Wildman–Crippen MR) is 57.4 cm³/mol. The predicted octanol–water partition coefficient (Wildman–Crippen LogP) is 2.87. The van der Waals surface area contributed by atoms with Crippen LogP contribution in [0.2, 0.25) is 0 Å². The van der Waals surface area contributed by atoms with Gasteiger partial charge in [-0.3, -0.25) is 4.79 Å². The van der Waals surface area contributed by atoms with Crippen molar-refractivity contribution >= 4 is 12.1 Å². The summed E-state index contributed by atoms with van der Waals surface area (Å²) in [5, 5.41) is 0. The Balaban J connectivity index is 0.000000292. The van der Waals surface area contributed by atoms with Gasteiger partial charge in [0.25, 0.3) is 0 Å². The first kappa shape index (κ1) is 12.6. The van der Waals surface area contributed by atoms with E-state index < -0.39 is 0 Å². The molecule has 0 atom stereocenters. The van der Waals surface area contributed by atoms with E-state index in [0.717, 1.165) is 18.3 Å². The van der Waals surface area contributed by atoms with Gasteiger partial charge in [-0.25, -0.2) is 0 Å². The summed E-state index contributed by atoms with van der Waals surface area (Å²) in [6.45, 7) is 3.55. The number of hydrogen-bond donors (Lipinski definition) is 0. The Hall–Kier alpha value is -1.44. The third kappa shape index (κ3) is 6.12. The van der Waals surface area contributed by atoms with Crippen LogP contribution in [0.5, 0.6) is 0 Å². The maximum atomic E-state index is 10.6. The Labute approximate surface area is 84.9 Å². The summed E-state index contributed by atoms with van der Waals surface area (Å²) in [5.74, 6) is 0.121. The highest BCUT2D eigenvalue weighted by atomic mass is 16.1. The highest BCUT2D eigenvalue weighted by molar-refractivity contribution is 5.93. The first-order valence-corrected chi connectivity index (χ1v) is 4.72. The van der Waals surface area contributed by atoms with Gasteiger partial charge in [0.05, 0.1) is 0 Å². The maximum Gasteiger partial charge on any atom is 0.159 e. The molecule has 76 valence electrons. The number of carbonyl (C=O) groups is 2. The second-order valence-electron chi connectivity index (χ2n) is 2.88. The molecule has 0 radical (unpaired) electrons. The lowest BCUT2D eigenvalue weighted by Gasteiger charge is -1.89. The molecule has 14 heavy (non-hydrogen) atoms. The molecule has 0 aromatic heterocycles. The molecule has 1 rings (SSSR count). The van der Waals surface area contributed by atoms with E-state index in [9.17, 15) is 9.59 Å². The number of aldehydes is 1. The molecule has 0 aliphatic carbocycles. The summed E-state index contributed by atoms with van der Waals surface area (Å²) in [6.07, 6.45) is 2.61. The summed E-state index contributed by atoms with van der Waals surface area (Å²) < 4.78 is 0. The highest BCUT2D eigenvalue weighted by Gasteiger charge is 1.92. The van der Waals surface area contributed by atoms with Gasteiger partial charge in [0.15, 0.2) is 5.78 Å². The van der Waals surface area contributed by atoms with Crippen molar-refractivity contribution < 1.29 is 9.59 Å². The molecular formula is C12H16O2. The van der Waals surface area contributed by atoms with Gasteiger partial charge >= 0.3 is 0 Å². The SMILES string of the molecule is CC(=O)c1ccccc1.CCCC=O. The van der Waals surface area contributed by atoms with Crippen molar-refractivity contribution in [2.75, 3.05) is 0 Å². The van der Waals surface area contributed by atoms with E-state index in [4.69, 9.17) is 0 Å². The van der Waals surface area contributed by atoms with Crippen molar-refractivity contribution in [1.82, 2.24) is 0 Å². The minimum atomic E-state index is 0.121. The Morgan fingerprint density at radius 3 is 2.07 bits per heavy atom. The van der Waals surface area contributed by atoms with Crippen molar-refractivity contribution in [2.45, 2.75) is 26.7 Å². The highest BCUT2D eigenvalue weighted by Crippen LogP contribution is 1.97. The summed E-state index contributed by atoms with van der Waals surface area (Å²) in [5.41, 5.74) is 0.775. The van der Waals surface area contributed by atoms with Crippen LogP contribution in [0.1, 0.15) is 37.0 Å². The fraction of sp³-hybridized carbons (Fsp3) is 0.333. The Bertz CT molecular complexity index is 265. The van der Waals surface area contributed by atoms with Crippen LogP contribution in [0.3, 0.4) is 0 Å². The van der Waals surface area contributed by atoms with Gasteiger partial charge in [-0.05, 0) is 13.3 Å². The van der Waals surface area contributed by atoms with Crippen molar-refractivity contribution in [1.29, 1.82) is 0 Å². The van der Waals surface area contributed by atoms with Crippen LogP contribution in [0.15, 0.2) is 30.3 Å². The first-order chi connectivity index (χ1) is 6.72. The van der Waals surface area contributed by atoms with Crippen LogP contribution >= 0.6 is 0 Å². The molecule has 0 fully saturated rings. The molecule has 2 nitrogen and oxygen atoms in total. The summed E-state index contributed by atoms with van der Waals surface area (Å²) in [7, 11) is 0. The van der Waals surface area contributed by atoms with Crippen molar-refractivity contribution in [3.63, 3.8) is 0 Å². The van der Waals surface area contributed by atoms with Crippen LogP contribution in [0.4, 0.5) is 0 Å². The molecule has 0 unspecified atom stereocenters. The van der Waals surface area contributed by atoms with Gasteiger partial charge in [0.2, 0.25) is 0 Å². The van der Waals surface area contributed by atoms with Gasteiger partial charge in [0, 0.05) is 12.0 Å². The van der Waals surface area contributed by atoms with E-state index in [0.29, 0.717) is 6.42 Å². The van der Waals surface area contributed by atoms with Gasteiger partial charge in [0.1, 0.15) is 6.29 Å². The zero-order chi connectivity index (χ0) is 10.8. The lowest BCUT2D eigenvalue weighted by Crippen LogP contribution is -1.88.